The third-order valence-electron chi connectivity index (χ3n) is 2.21. The average molecular weight is 220 g/mol. The Kier molecular flexibility index (Phi) is 5.06. The normalized spacial score (nSPS) is 9.67. The molecule has 1 aromatic carbocycles. The van der Waals surface area contributed by atoms with Gasteiger partial charge in [-0.15, -0.1) is 0 Å². The van der Waals surface area contributed by atoms with Crippen molar-refractivity contribution in [2.45, 2.75) is 6.92 Å². The third-order valence-corrected chi connectivity index (χ3v) is 3.09. The fraction of sp³-hybridized carbons (Fsp3) is 0.417. The highest BCUT2D eigenvalue weighted by molar-refractivity contribution is 7.99. The molecule has 0 saturated heterocycles. The van der Waals surface area contributed by atoms with E-state index in [0.29, 0.717) is 0 Å². The molecule has 0 bridgehead atoms. The van der Waals surface area contributed by atoms with Crippen molar-refractivity contribution in [3.63, 3.8) is 0 Å². The number of benzene rings is 1. The Morgan fingerprint density at radius 1 is 1.33 bits per heavy atom. The lowest BCUT2D eigenvalue weighted by Gasteiger charge is -2.18. The van der Waals surface area contributed by atoms with E-state index in [1.165, 1.54) is 11.4 Å². The summed E-state index contributed by atoms with van der Waals surface area (Å²) in [4.78, 5) is 2.21. The number of thioether (sulfide) groups is 1. The second kappa shape index (κ2) is 6.36. The summed E-state index contributed by atoms with van der Waals surface area (Å²) in [6.07, 6.45) is 0. The van der Waals surface area contributed by atoms with Crippen molar-refractivity contribution < 1.29 is 0 Å². The lowest BCUT2D eigenvalue weighted by molar-refractivity contribution is 0.977. The molecule has 0 spiro atoms. The molecule has 0 aliphatic heterocycles. The van der Waals surface area contributed by atoms with E-state index < -0.39 is 0 Å². The van der Waals surface area contributed by atoms with Crippen molar-refractivity contribution >= 4 is 17.4 Å². The molecule has 0 heterocycles. The number of hydrogen-bond donors (Lipinski definition) is 0. The predicted octanol–water partition coefficient (Wildman–Crippen LogP) is 2.75. The first-order valence-electron chi connectivity index (χ1n) is 5.07. The number of rotatable bonds is 5. The van der Waals surface area contributed by atoms with Crippen molar-refractivity contribution in [2.75, 3.05) is 30.0 Å². The van der Waals surface area contributed by atoms with Gasteiger partial charge in [0.15, 0.2) is 0 Å². The molecule has 0 fully saturated rings. The van der Waals surface area contributed by atoms with Crippen LogP contribution >= 0.6 is 11.8 Å². The maximum absolute atomic E-state index is 8.67. The van der Waals surface area contributed by atoms with Gasteiger partial charge in [-0.2, -0.15) is 17.0 Å². The van der Waals surface area contributed by atoms with Gasteiger partial charge < -0.3 is 4.90 Å². The van der Waals surface area contributed by atoms with Crippen LogP contribution in [-0.2, 0) is 0 Å². The largest absolute Gasteiger partial charge is 0.374 e. The highest BCUT2D eigenvalue weighted by atomic mass is 32.2. The molecule has 0 aliphatic rings. The molecule has 2 nitrogen and oxygen atoms in total. The first-order chi connectivity index (χ1) is 7.27. The molecule has 0 aromatic heterocycles. The van der Waals surface area contributed by atoms with Crippen LogP contribution in [0.5, 0.6) is 0 Å². The van der Waals surface area contributed by atoms with Crippen LogP contribution in [-0.4, -0.2) is 25.1 Å². The van der Waals surface area contributed by atoms with Crippen LogP contribution in [0.15, 0.2) is 24.3 Å². The summed E-state index contributed by atoms with van der Waals surface area (Å²) in [7, 11) is 2.08. The average Bonchev–Trinajstić information content (AvgIpc) is 2.29. The zero-order valence-electron chi connectivity index (χ0n) is 9.23. The third kappa shape index (κ3) is 3.85. The van der Waals surface area contributed by atoms with Crippen molar-refractivity contribution in [3.8, 4) is 6.07 Å². The van der Waals surface area contributed by atoms with Crippen LogP contribution in [0.3, 0.4) is 0 Å². The molecule has 1 rings (SSSR count). The number of nitriles is 1. The zero-order valence-corrected chi connectivity index (χ0v) is 10.0. The molecule has 0 saturated carbocycles. The topological polar surface area (TPSA) is 27.0 Å². The molecule has 0 amide bonds. The molecular formula is C12H16N2S. The van der Waals surface area contributed by atoms with Crippen LogP contribution in [0, 0.1) is 11.3 Å². The minimum atomic E-state index is 0.718. The Morgan fingerprint density at radius 3 is 2.53 bits per heavy atom. The highest BCUT2D eigenvalue weighted by Crippen LogP contribution is 2.13. The summed E-state index contributed by atoms with van der Waals surface area (Å²) in [5.74, 6) is 2.31. The van der Waals surface area contributed by atoms with Crippen LogP contribution in [0.25, 0.3) is 0 Å². The minimum absolute atomic E-state index is 0.718. The Bertz CT molecular complexity index is 326. The fourth-order valence-electron chi connectivity index (χ4n) is 1.27. The van der Waals surface area contributed by atoms with Crippen molar-refractivity contribution in [1.82, 2.24) is 0 Å². The van der Waals surface area contributed by atoms with Crippen molar-refractivity contribution in [2.24, 2.45) is 0 Å². The van der Waals surface area contributed by atoms with Gasteiger partial charge in [-0.3, -0.25) is 0 Å². The van der Waals surface area contributed by atoms with E-state index in [0.717, 1.165) is 17.9 Å². The summed E-state index contributed by atoms with van der Waals surface area (Å²) in [5.41, 5.74) is 1.89. The molecule has 80 valence electrons. The summed E-state index contributed by atoms with van der Waals surface area (Å²) < 4.78 is 0. The van der Waals surface area contributed by atoms with Crippen molar-refractivity contribution in [1.29, 1.82) is 5.26 Å². The predicted molar refractivity (Wildman–Crippen MR) is 67.4 cm³/mol. The lowest BCUT2D eigenvalue weighted by atomic mass is 10.2. The highest BCUT2D eigenvalue weighted by Gasteiger charge is 1.99. The van der Waals surface area contributed by atoms with E-state index >= 15 is 0 Å². The van der Waals surface area contributed by atoms with Crippen LogP contribution < -0.4 is 4.90 Å². The summed E-state index contributed by atoms with van der Waals surface area (Å²) >= 11 is 1.94. The van der Waals surface area contributed by atoms with E-state index in [9.17, 15) is 0 Å². The minimum Gasteiger partial charge on any atom is -0.374 e. The smallest absolute Gasteiger partial charge is 0.0991 e. The first kappa shape index (κ1) is 11.9. The maximum atomic E-state index is 8.67. The van der Waals surface area contributed by atoms with Gasteiger partial charge in [0, 0.05) is 25.0 Å². The zero-order chi connectivity index (χ0) is 11.1. The standard InChI is InChI=1S/C12H16N2S/c1-3-15-9-8-14(2)12-6-4-11(10-13)5-7-12/h4-7H,3,8-9H2,1-2H3. The molecule has 0 radical (unpaired) electrons. The molecule has 15 heavy (non-hydrogen) atoms. The molecule has 1 aromatic rings. The molecule has 0 atom stereocenters. The SMILES string of the molecule is CCSCCN(C)c1ccc(C#N)cc1. The summed E-state index contributed by atoms with van der Waals surface area (Å²) in [6, 6.07) is 9.83. The van der Waals surface area contributed by atoms with Gasteiger partial charge in [-0.1, -0.05) is 6.92 Å². The Hall–Kier alpha value is -1.14. The van der Waals surface area contributed by atoms with E-state index in [-0.39, 0.29) is 0 Å². The number of anilines is 1. The van der Waals surface area contributed by atoms with E-state index in [2.05, 4.69) is 24.9 Å². The van der Waals surface area contributed by atoms with Crippen LogP contribution in [0.4, 0.5) is 5.69 Å². The Labute approximate surface area is 95.9 Å². The second-order valence-corrected chi connectivity index (χ2v) is 4.67. The Morgan fingerprint density at radius 2 is 2.00 bits per heavy atom. The van der Waals surface area contributed by atoms with Gasteiger partial charge in [0.05, 0.1) is 11.6 Å². The van der Waals surface area contributed by atoms with E-state index in [1.807, 2.05) is 36.0 Å². The molecule has 0 unspecified atom stereocenters. The first-order valence-corrected chi connectivity index (χ1v) is 6.22. The molecule has 0 aliphatic carbocycles. The van der Waals surface area contributed by atoms with Crippen LogP contribution in [0.2, 0.25) is 0 Å². The second-order valence-electron chi connectivity index (χ2n) is 3.28. The van der Waals surface area contributed by atoms with Gasteiger partial charge in [0.1, 0.15) is 0 Å². The van der Waals surface area contributed by atoms with E-state index in [1.54, 1.807) is 0 Å². The van der Waals surface area contributed by atoms with Gasteiger partial charge in [-0.05, 0) is 30.0 Å². The summed E-state index contributed by atoms with van der Waals surface area (Å²) in [5, 5.41) is 8.67. The monoisotopic (exact) mass is 220 g/mol. The van der Waals surface area contributed by atoms with Crippen LogP contribution in [0.1, 0.15) is 12.5 Å². The number of nitrogens with zero attached hydrogens (tertiary/aromatic N) is 2. The van der Waals surface area contributed by atoms with Crippen molar-refractivity contribution in [3.05, 3.63) is 29.8 Å². The number of hydrogen-bond acceptors (Lipinski definition) is 3. The van der Waals surface area contributed by atoms with Gasteiger partial charge in [-0.25, -0.2) is 0 Å². The molecule has 0 N–H and O–H groups in total. The van der Waals surface area contributed by atoms with Gasteiger partial charge >= 0.3 is 0 Å². The fourth-order valence-corrected chi connectivity index (χ4v) is 1.96. The molecule has 3 heteroatoms. The quantitative estimate of drug-likeness (QED) is 0.714. The Balaban J connectivity index is 2.51. The van der Waals surface area contributed by atoms with Gasteiger partial charge in [0.2, 0.25) is 0 Å². The molecular weight excluding hydrogens is 204 g/mol. The maximum Gasteiger partial charge on any atom is 0.0991 e. The summed E-state index contributed by atoms with van der Waals surface area (Å²) in [6.45, 7) is 3.22. The van der Waals surface area contributed by atoms with E-state index in [4.69, 9.17) is 5.26 Å². The lowest BCUT2D eigenvalue weighted by Crippen LogP contribution is -2.20. The van der Waals surface area contributed by atoms with Gasteiger partial charge in [0.25, 0.3) is 0 Å².